The zero-order valence-electron chi connectivity index (χ0n) is 81.0. The second-order valence-electron chi connectivity index (χ2n) is 42.6. The average molecular weight is 2110 g/mol. The number of nitriles is 1. The molecule has 6 aromatic rings. The Balaban J connectivity index is 0.000000115. The van der Waals surface area contributed by atoms with Gasteiger partial charge < -0.3 is 62.6 Å². The van der Waals surface area contributed by atoms with Gasteiger partial charge in [0.1, 0.15) is 88.7 Å². The van der Waals surface area contributed by atoms with Crippen LogP contribution in [0.15, 0.2) is 120 Å². The van der Waals surface area contributed by atoms with Crippen LogP contribution in [-0.4, -0.2) is 331 Å². The largest absolute Gasteiger partial charge is 0.370 e. The number of hydrogen-bond donors (Lipinski definition) is 6. The Morgan fingerprint density at radius 2 is 0.628 bits per heavy atom. The van der Waals surface area contributed by atoms with Gasteiger partial charge in [0, 0.05) is 253 Å². The lowest BCUT2D eigenvalue weighted by Crippen LogP contribution is -2.63. The number of nitrogens with two attached hydrogens (primary N) is 5. The lowest BCUT2D eigenvalue weighted by atomic mass is 9.86. The van der Waals surface area contributed by atoms with E-state index in [1.165, 1.54) is 28.6 Å². The number of halogens is 10. The summed E-state index contributed by atoms with van der Waals surface area (Å²) >= 11 is 0. The fourth-order valence-corrected chi connectivity index (χ4v) is 32.1. The molecule has 2 saturated carbocycles. The minimum Gasteiger partial charge on any atom is -0.370 e. The van der Waals surface area contributed by atoms with Crippen molar-refractivity contribution in [2.24, 2.45) is 58.3 Å². The first-order valence-electron chi connectivity index (χ1n) is 50.5. The summed E-state index contributed by atoms with van der Waals surface area (Å²) in [6.07, 6.45) is 4.78. The van der Waals surface area contributed by atoms with Crippen molar-refractivity contribution < 1.29 is 106 Å². The maximum Gasteiger partial charge on any atom is 0.317 e. The number of hydrogen-bond acceptors (Lipinski definition) is 25. The van der Waals surface area contributed by atoms with Crippen LogP contribution >= 0.6 is 0 Å². The number of sulfonamides is 4. The van der Waals surface area contributed by atoms with Gasteiger partial charge in [-0.15, -0.1) is 0 Å². The third-order valence-corrected chi connectivity index (χ3v) is 42.1. The van der Waals surface area contributed by atoms with E-state index in [1.54, 1.807) is 33.8 Å². The van der Waals surface area contributed by atoms with Gasteiger partial charge in [-0.25, -0.2) is 82.4 Å². The molecule has 0 spiro atoms. The second-order valence-corrected chi connectivity index (χ2v) is 51.5. The number of likely N-dealkylation sites (tertiary alicyclic amines) is 6. The molecule has 17 fully saturated rings. The third kappa shape index (κ3) is 21.5. The molecule has 0 aromatic heterocycles. The normalized spacial score (nSPS) is 34.3. The first-order valence-corrected chi connectivity index (χ1v) is 56.4. The lowest BCUT2D eigenvalue weighted by Gasteiger charge is -2.51. The Labute approximate surface area is 840 Å². The number of carbonyl (C=O) groups excluding carboxylic acids is 1. The van der Waals surface area contributed by atoms with Crippen molar-refractivity contribution in [3.8, 4) is 6.07 Å². The molecule has 15 aliphatic heterocycles. The number of nitrogens with zero attached hydrogens (tertiary/aromatic N) is 11. The zero-order valence-corrected chi connectivity index (χ0v) is 84.3. The van der Waals surface area contributed by atoms with E-state index < -0.39 is 164 Å². The number of benzene rings is 6. The summed E-state index contributed by atoms with van der Waals surface area (Å²) < 4.78 is 276. The molecule has 10 unspecified atom stereocenters. The van der Waals surface area contributed by atoms with Crippen LogP contribution in [0, 0.1) is 99.1 Å². The number of urea groups is 1. The maximum absolute atomic E-state index is 14.2. The highest BCUT2D eigenvalue weighted by Crippen LogP contribution is 2.49. The minimum absolute atomic E-state index is 0.00770. The van der Waals surface area contributed by atoms with Gasteiger partial charge in [0.25, 0.3) is 0 Å². The molecular weight excluding hydrogens is 1980 g/mol. The highest BCUT2D eigenvalue weighted by atomic mass is 32.2. The molecule has 15 saturated heterocycles. The van der Waals surface area contributed by atoms with Crippen molar-refractivity contribution in [2.45, 2.75) is 226 Å². The second kappa shape index (κ2) is 42.9. The van der Waals surface area contributed by atoms with E-state index in [1.807, 2.05) is 11.0 Å². The van der Waals surface area contributed by atoms with E-state index in [9.17, 15) is 82.4 Å². The van der Waals surface area contributed by atoms with E-state index in [4.69, 9.17) is 57.6 Å². The van der Waals surface area contributed by atoms with Gasteiger partial charge in [-0.2, -0.15) is 22.5 Å². The van der Waals surface area contributed by atoms with Gasteiger partial charge in [-0.3, -0.25) is 24.5 Å². The predicted molar refractivity (Wildman–Crippen MR) is 515 cm³/mol. The van der Waals surface area contributed by atoms with Crippen LogP contribution in [0.5, 0.6) is 0 Å². The topological polar surface area (TPSA) is 398 Å². The van der Waals surface area contributed by atoms with E-state index in [0.29, 0.717) is 159 Å². The van der Waals surface area contributed by atoms with Crippen LogP contribution in [-0.2, 0) is 63.8 Å². The Morgan fingerprint density at radius 1 is 0.359 bits per heavy atom. The average Bonchev–Trinajstić information content (AvgIpc) is 1.63. The smallest absolute Gasteiger partial charge is 0.317 e. The molecule has 6 aromatic carbocycles. The van der Waals surface area contributed by atoms with Crippen molar-refractivity contribution in [3.63, 3.8) is 0 Å². The summed E-state index contributed by atoms with van der Waals surface area (Å²) in [7, 11) is -11.6. The van der Waals surface area contributed by atoms with Crippen molar-refractivity contribution in [2.75, 3.05) is 138 Å². The van der Waals surface area contributed by atoms with Crippen LogP contribution in [0.4, 0.5) is 48.7 Å². The molecule has 31 nitrogen and oxygen atoms in total. The Hall–Kier alpha value is -7.58. The molecule has 17 aliphatic rings. The van der Waals surface area contributed by atoms with Gasteiger partial charge >= 0.3 is 6.03 Å². The number of amides is 2. The lowest BCUT2D eigenvalue weighted by molar-refractivity contribution is -0.0936. The molecule has 792 valence electrons. The summed E-state index contributed by atoms with van der Waals surface area (Å²) in [5.74, 6) is -3.38. The maximum atomic E-state index is 14.2. The number of nitrogens with one attached hydrogen (secondary N) is 1. The summed E-state index contributed by atoms with van der Waals surface area (Å²) in [6.45, 7) is 15.1. The molecule has 23 rings (SSSR count). The number of fused-ring (bicyclic) bond motifs is 5. The fourth-order valence-electron chi connectivity index (χ4n) is 25.2. The Kier molecular flexibility index (Phi) is 31.3. The van der Waals surface area contributed by atoms with E-state index in [0.717, 1.165) is 169 Å². The molecule has 15 heterocycles. The van der Waals surface area contributed by atoms with Crippen molar-refractivity contribution >= 4 is 46.1 Å². The first kappa shape index (κ1) is 106. The molecule has 0 bridgehead atoms. The first-order chi connectivity index (χ1) is 69.1. The predicted octanol–water partition coefficient (Wildman–Crippen LogP) is 7.79. The van der Waals surface area contributed by atoms with Crippen LogP contribution in [0.2, 0.25) is 0 Å². The standard InChI is InChI=1S/C23H24F2N4O3S.C21H29F2N3O3S.C19H25F2N3O3S.C19H27F2N3O3S.C18H24F2N4O2/c24-16-3-6-20(25)19(7-16)23-21(27)8-17(13-32-23)29-11-15-10-28(12-22(15)29)33(30,31)18-4-1-14(9-26)2-5-18;22-14-5-6-18(23)17(7-14)21-19(24)8-15(12-29-21)26-10-13-9-25(11-20(13)26)30(27,28)16-3-1-2-4-16;20-12-1-4-16(21)15(5-12)19-17(22)6-13(10-27-19)24-8-11-7-23(9-18(11)24)28(25,26)14-2-3-14;1-11(2)28(25,26)23-7-12-8-24(18(12)9-23)14-6-17(22)19(27-10-14)15-5-13(20)3-4-16(15)21;1-22-18(25)23-6-10-7-24(16(10)8-23)12-5-15(21)17(26-9-12)13-4-11(19)2-3-14(13)20/h1-7,15,17,21-23H,8,10-13,27H2;5-7,13,15-16,19-21H,1-4,8-12,24H2;1,4-5,11,13-14,17-19H,2-3,6-10,22H2;3-5,11-12,14,17-19H,6-10,22H2,1-2H3;2-4,10,12,15-17H,5-9,21H2,1H3,(H,22,25)/t15?,17-,21+,22?,23-;13?,15-,19+,20?,21-;11?,13-,17+,18?,19-;12?,14-,17+,18?,19-;10?,12-,15+,16?,17-/m11111/s1. The monoisotopic (exact) mass is 2110 g/mol. The SMILES string of the molecule is CC(C)S(=O)(=O)N1CC2CN([C@H]3CO[C@H](c4cc(F)ccc4F)[C@@H](N)C3)C2C1.CNC(=O)N1CC2CN([C@H]3CO[C@H](c4cc(F)ccc4F)[C@@H](N)C3)C2C1.N#Cc1ccc(S(=O)(=O)N2CC3CN([C@H]4CO[C@H](c5cc(F)ccc5F)[C@@H](N)C4)C3C2)cc1.N[C@H]1C[C@@H](N2CC3CN(S(=O)(=O)C4CC4)CC32)CO[C@@H]1c1cc(F)ccc1F.N[C@H]1C[C@@H](N2CC3CN(S(=O)(=O)C4CCCC4)CC32)CO[C@@H]1c1cc(F)ccc1F. The fraction of sp³-hybridized carbons (Fsp3) is 0.620. The van der Waals surface area contributed by atoms with Gasteiger partial charge in [-0.1, -0.05) is 12.8 Å². The van der Waals surface area contributed by atoms with E-state index in [-0.39, 0.29) is 110 Å². The van der Waals surface area contributed by atoms with Crippen molar-refractivity contribution in [1.82, 2.24) is 51.9 Å². The summed E-state index contributed by atoms with van der Waals surface area (Å²) in [4.78, 5) is 25.2. The van der Waals surface area contributed by atoms with E-state index >= 15 is 0 Å². The van der Waals surface area contributed by atoms with Gasteiger partial charge in [0.05, 0.1) is 65.3 Å². The van der Waals surface area contributed by atoms with Crippen LogP contribution in [0.1, 0.15) is 148 Å². The zero-order chi connectivity index (χ0) is 103. The van der Waals surface area contributed by atoms with Crippen LogP contribution in [0.25, 0.3) is 0 Å². The molecule has 2 aliphatic carbocycles. The van der Waals surface area contributed by atoms with Gasteiger partial charge in [0.2, 0.25) is 40.1 Å². The molecule has 0 radical (unpaired) electrons. The summed E-state index contributed by atoms with van der Waals surface area (Å²) in [5, 5.41) is 10.8. The summed E-state index contributed by atoms with van der Waals surface area (Å²) in [5.41, 5.74) is 32.6. The molecule has 145 heavy (non-hydrogen) atoms. The molecule has 2 amide bonds. The quantitative estimate of drug-likeness (QED) is 0.0447. The molecule has 25 atom stereocenters. The number of rotatable bonds is 18. The Morgan fingerprint density at radius 3 is 0.910 bits per heavy atom. The highest BCUT2D eigenvalue weighted by Gasteiger charge is 2.59. The van der Waals surface area contributed by atoms with Gasteiger partial charge in [-0.05, 0) is 187 Å². The number of carbonyl (C=O) groups is 1. The van der Waals surface area contributed by atoms with Gasteiger partial charge in [0.15, 0.2) is 0 Å². The highest BCUT2D eigenvalue weighted by molar-refractivity contribution is 7.90. The van der Waals surface area contributed by atoms with Crippen molar-refractivity contribution in [1.29, 1.82) is 5.26 Å². The van der Waals surface area contributed by atoms with E-state index in [2.05, 4.69) is 29.8 Å². The Bertz CT molecular complexity index is 6110. The summed E-state index contributed by atoms with van der Waals surface area (Å²) in [6, 6.07) is 23.6. The number of ether oxygens (including phenoxy) is 5. The minimum atomic E-state index is -3.64. The molecular formula is C100H129F10N17O14S4. The van der Waals surface area contributed by atoms with Crippen LogP contribution < -0.4 is 34.0 Å². The third-order valence-electron chi connectivity index (χ3n) is 33.4. The van der Waals surface area contributed by atoms with Crippen molar-refractivity contribution in [3.05, 3.63) is 207 Å². The van der Waals surface area contributed by atoms with Crippen LogP contribution in [0.3, 0.4) is 0 Å². The molecule has 45 heteroatoms. The molecule has 11 N–H and O–H groups in total.